The first-order valence-corrected chi connectivity index (χ1v) is 8.88. The first-order chi connectivity index (χ1) is 9.65. The van der Waals surface area contributed by atoms with Crippen LogP contribution >= 0.6 is 11.8 Å². The molecule has 2 aliphatic heterocycles. The highest BCUT2D eigenvalue weighted by Crippen LogP contribution is 2.27. The summed E-state index contributed by atoms with van der Waals surface area (Å²) in [5.41, 5.74) is 0. The number of carbonyl (C=O) groups excluding carboxylic acids is 1. The molecule has 0 radical (unpaired) electrons. The zero-order chi connectivity index (χ0) is 14.4. The number of nitrogens with zero attached hydrogens (tertiary/aromatic N) is 1. The smallest absolute Gasteiger partial charge is 0.303 e. The van der Waals surface area contributed by atoms with Gasteiger partial charge in [0, 0.05) is 25.9 Å². The largest absolute Gasteiger partial charge is 0.481 e. The van der Waals surface area contributed by atoms with Crippen molar-refractivity contribution in [3.8, 4) is 0 Å². The van der Waals surface area contributed by atoms with Crippen molar-refractivity contribution in [2.24, 2.45) is 11.8 Å². The zero-order valence-corrected chi connectivity index (χ0v) is 12.9. The van der Waals surface area contributed by atoms with Crippen molar-refractivity contribution in [1.29, 1.82) is 0 Å². The molecule has 1 N–H and O–H groups in total. The van der Waals surface area contributed by atoms with Crippen LogP contribution in [0.25, 0.3) is 0 Å². The van der Waals surface area contributed by atoms with Crippen LogP contribution in [0.15, 0.2) is 0 Å². The maximum absolute atomic E-state index is 12.4. The standard InChI is InChI=1S/C15H25NO3S/c17-14(10-12-5-8-20-9-6-12)16-7-1-2-13(11-16)3-4-15(18)19/h12-13H,1-11H2,(H,18,19)/t13-/m0/s1. The SMILES string of the molecule is O=C(O)CC[C@@H]1CCCN(C(=O)CC2CCSCC2)C1. The molecular weight excluding hydrogens is 274 g/mol. The Labute approximate surface area is 125 Å². The molecule has 2 saturated heterocycles. The molecule has 4 nitrogen and oxygen atoms in total. The number of carboxylic acids is 1. The fourth-order valence-corrected chi connectivity index (χ4v) is 4.39. The Morgan fingerprint density at radius 1 is 1.15 bits per heavy atom. The van der Waals surface area contributed by atoms with Crippen molar-refractivity contribution >= 4 is 23.6 Å². The first-order valence-electron chi connectivity index (χ1n) is 7.72. The summed E-state index contributed by atoms with van der Waals surface area (Å²) in [4.78, 5) is 25.0. The molecular formula is C15H25NO3S. The van der Waals surface area contributed by atoms with E-state index in [4.69, 9.17) is 5.11 Å². The second-order valence-corrected chi connectivity index (χ2v) is 7.27. The van der Waals surface area contributed by atoms with Gasteiger partial charge in [-0.15, -0.1) is 0 Å². The number of piperidine rings is 1. The fraction of sp³-hybridized carbons (Fsp3) is 0.867. The van der Waals surface area contributed by atoms with Crippen molar-refractivity contribution in [3.05, 3.63) is 0 Å². The van der Waals surface area contributed by atoms with Crippen LogP contribution in [0.5, 0.6) is 0 Å². The summed E-state index contributed by atoms with van der Waals surface area (Å²) in [5.74, 6) is 2.90. The van der Waals surface area contributed by atoms with Gasteiger partial charge in [-0.2, -0.15) is 11.8 Å². The summed E-state index contributed by atoms with van der Waals surface area (Å²) < 4.78 is 0. The predicted molar refractivity (Wildman–Crippen MR) is 80.8 cm³/mol. The van der Waals surface area contributed by atoms with Crippen molar-refractivity contribution in [2.75, 3.05) is 24.6 Å². The number of amides is 1. The quantitative estimate of drug-likeness (QED) is 0.848. The Morgan fingerprint density at radius 2 is 1.90 bits per heavy atom. The van der Waals surface area contributed by atoms with Crippen LogP contribution in [0.1, 0.15) is 44.9 Å². The lowest BCUT2D eigenvalue weighted by atomic mass is 9.92. The van der Waals surface area contributed by atoms with Crippen LogP contribution in [0.2, 0.25) is 0 Å². The van der Waals surface area contributed by atoms with E-state index < -0.39 is 5.97 Å². The van der Waals surface area contributed by atoms with Crippen LogP contribution in [0.4, 0.5) is 0 Å². The molecule has 2 aliphatic rings. The van der Waals surface area contributed by atoms with Crippen molar-refractivity contribution < 1.29 is 14.7 Å². The number of aliphatic carboxylic acids is 1. The van der Waals surface area contributed by atoms with E-state index in [0.717, 1.165) is 25.9 Å². The Hall–Kier alpha value is -0.710. The second-order valence-electron chi connectivity index (χ2n) is 6.04. The van der Waals surface area contributed by atoms with Gasteiger partial charge in [0.2, 0.25) is 5.91 Å². The van der Waals surface area contributed by atoms with Crippen LogP contribution in [0, 0.1) is 11.8 Å². The summed E-state index contributed by atoms with van der Waals surface area (Å²) in [7, 11) is 0. The monoisotopic (exact) mass is 299 g/mol. The summed E-state index contributed by atoms with van der Waals surface area (Å²) in [6.45, 7) is 1.64. The number of likely N-dealkylation sites (tertiary alicyclic amines) is 1. The number of carbonyl (C=O) groups is 2. The highest BCUT2D eigenvalue weighted by Gasteiger charge is 2.26. The number of hydrogen-bond donors (Lipinski definition) is 1. The molecule has 5 heteroatoms. The Kier molecular flexibility index (Phi) is 6.20. The Balaban J connectivity index is 1.75. The van der Waals surface area contributed by atoms with Crippen LogP contribution in [-0.4, -0.2) is 46.5 Å². The van der Waals surface area contributed by atoms with E-state index in [2.05, 4.69) is 0 Å². The van der Waals surface area contributed by atoms with E-state index >= 15 is 0 Å². The lowest BCUT2D eigenvalue weighted by molar-refractivity contribution is -0.137. The average molecular weight is 299 g/mol. The normalized spacial score (nSPS) is 24.6. The molecule has 0 unspecified atom stereocenters. The summed E-state index contributed by atoms with van der Waals surface area (Å²) in [5, 5.41) is 8.75. The third-order valence-electron chi connectivity index (χ3n) is 4.44. The fourth-order valence-electron chi connectivity index (χ4n) is 3.18. The van der Waals surface area contributed by atoms with Gasteiger partial charge < -0.3 is 10.0 Å². The molecule has 0 saturated carbocycles. The lowest BCUT2D eigenvalue weighted by Crippen LogP contribution is -2.41. The molecule has 2 rings (SSSR count). The second kappa shape index (κ2) is 7.91. The van der Waals surface area contributed by atoms with Crippen LogP contribution in [-0.2, 0) is 9.59 Å². The number of carboxylic acid groups (broad SMARTS) is 1. The van der Waals surface area contributed by atoms with E-state index in [1.165, 1.54) is 24.3 Å². The number of hydrogen-bond acceptors (Lipinski definition) is 3. The van der Waals surface area contributed by atoms with Crippen LogP contribution in [0.3, 0.4) is 0 Å². The van der Waals surface area contributed by atoms with Gasteiger partial charge in [0.25, 0.3) is 0 Å². The van der Waals surface area contributed by atoms with Gasteiger partial charge in [0.15, 0.2) is 0 Å². The maximum Gasteiger partial charge on any atom is 0.303 e. The Bertz CT molecular complexity index is 342. The van der Waals surface area contributed by atoms with Gasteiger partial charge in [-0.3, -0.25) is 9.59 Å². The van der Waals surface area contributed by atoms with Crippen molar-refractivity contribution in [1.82, 2.24) is 4.90 Å². The van der Waals surface area contributed by atoms with Gasteiger partial charge in [0.05, 0.1) is 0 Å². The molecule has 0 aromatic heterocycles. The lowest BCUT2D eigenvalue weighted by Gasteiger charge is -2.34. The molecule has 20 heavy (non-hydrogen) atoms. The van der Waals surface area contributed by atoms with E-state index in [1.54, 1.807) is 0 Å². The zero-order valence-electron chi connectivity index (χ0n) is 12.1. The molecule has 0 aliphatic carbocycles. The van der Waals surface area contributed by atoms with E-state index in [0.29, 0.717) is 30.6 Å². The van der Waals surface area contributed by atoms with E-state index in [1.807, 2.05) is 16.7 Å². The molecule has 2 fully saturated rings. The van der Waals surface area contributed by atoms with Gasteiger partial charge in [0.1, 0.15) is 0 Å². The molecule has 1 atom stereocenters. The molecule has 0 bridgehead atoms. The van der Waals surface area contributed by atoms with Gasteiger partial charge in [-0.25, -0.2) is 0 Å². The predicted octanol–water partition coefficient (Wildman–Crippen LogP) is 2.62. The molecule has 114 valence electrons. The minimum Gasteiger partial charge on any atom is -0.481 e. The molecule has 1 amide bonds. The van der Waals surface area contributed by atoms with Gasteiger partial charge in [-0.05, 0) is 55.4 Å². The maximum atomic E-state index is 12.4. The average Bonchev–Trinajstić information content (AvgIpc) is 2.46. The molecule has 0 aromatic carbocycles. The number of rotatable bonds is 5. The summed E-state index contributed by atoms with van der Waals surface area (Å²) in [6.07, 6.45) is 6.07. The highest BCUT2D eigenvalue weighted by molar-refractivity contribution is 7.99. The minimum absolute atomic E-state index is 0.229. The Morgan fingerprint density at radius 3 is 2.60 bits per heavy atom. The summed E-state index contributed by atoms with van der Waals surface area (Å²) >= 11 is 1.99. The summed E-state index contributed by atoms with van der Waals surface area (Å²) in [6, 6.07) is 0. The van der Waals surface area contributed by atoms with E-state index in [-0.39, 0.29) is 6.42 Å². The number of thioether (sulfide) groups is 1. The molecule has 0 aromatic rings. The highest BCUT2D eigenvalue weighted by atomic mass is 32.2. The van der Waals surface area contributed by atoms with Crippen LogP contribution < -0.4 is 0 Å². The van der Waals surface area contributed by atoms with Gasteiger partial charge in [-0.1, -0.05) is 0 Å². The van der Waals surface area contributed by atoms with E-state index in [9.17, 15) is 9.59 Å². The van der Waals surface area contributed by atoms with Crippen molar-refractivity contribution in [2.45, 2.75) is 44.9 Å². The first kappa shape index (κ1) is 15.7. The molecule has 0 spiro atoms. The topological polar surface area (TPSA) is 57.6 Å². The third kappa shape index (κ3) is 5.00. The van der Waals surface area contributed by atoms with Crippen molar-refractivity contribution in [3.63, 3.8) is 0 Å². The van der Waals surface area contributed by atoms with Gasteiger partial charge >= 0.3 is 5.97 Å². The molecule has 2 heterocycles. The minimum atomic E-state index is -0.729. The third-order valence-corrected chi connectivity index (χ3v) is 5.49.